The van der Waals surface area contributed by atoms with Gasteiger partial charge in [0.25, 0.3) is 0 Å². The van der Waals surface area contributed by atoms with Crippen LogP contribution in [0.1, 0.15) is 11.1 Å². The summed E-state index contributed by atoms with van der Waals surface area (Å²) < 4.78 is 0. The van der Waals surface area contributed by atoms with Gasteiger partial charge in [-0.05, 0) is 49.2 Å². The fourth-order valence-corrected chi connectivity index (χ4v) is 2.91. The van der Waals surface area contributed by atoms with Crippen LogP contribution in [0.5, 0.6) is 0 Å². The predicted octanol–water partition coefficient (Wildman–Crippen LogP) is 4.49. The van der Waals surface area contributed by atoms with E-state index in [1.165, 1.54) is 5.56 Å². The van der Waals surface area contributed by atoms with Crippen molar-refractivity contribution < 1.29 is 0 Å². The number of benzene rings is 1. The normalized spacial score (nSPS) is 10.8. The zero-order chi connectivity index (χ0) is 18.8. The molecular weight excluding hydrogens is 336 g/mol. The number of aromatic nitrogens is 4. The zero-order valence-electron chi connectivity index (χ0n) is 15.5. The van der Waals surface area contributed by atoms with Crippen LogP contribution < -0.4 is 10.6 Å². The highest BCUT2D eigenvalue weighted by atomic mass is 15.1. The highest BCUT2D eigenvalue weighted by Gasteiger charge is 2.08. The lowest BCUT2D eigenvalue weighted by molar-refractivity contribution is 1.18. The van der Waals surface area contributed by atoms with Gasteiger partial charge < -0.3 is 10.6 Å². The van der Waals surface area contributed by atoms with Crippen molar-refractivity contribution in [1.29, 1.82) is 0 Å². The minimum absolute atomic E-state index is 0.529. The second kappa shape index (κ2) is 6.99. The lowest BCUT2D eigenvalue weighted by Crippen LogP contribution is -1.99. The molecule has 0 amide bonds. The van der Waals surface area contributed by atoms with Crippen molar-refractivity contribution in [3.05, 3.63) is 66.2 Å². The van der Waals surface area contributed by atoms with E-state index in [-0.39, 0.29) is 0 Å². The molecule has 3 aromatic heterocycles. The fraction of sp³-hybridized carbons (Fsp3) is 0.143. The van der Waals surface area contributed by atoms with Gasteiger partial charge in [-0.2, -0.15) is 0 Å². The molecule has 0 unspecified atom stereocenters. The predicted molar refractivity (Wildman–Crippen MR) is 109 cm³/mol. The third-order valence-corrected chi connectivity index (χ3v) is 4.55. The van der Waals surface area contributed by atoms with E-state index in [0.29, 0.717) is 5.95 Å². The summed E-state index contributed by atoms with van der Waals surface area (Å²) in [6, 6.07) is 10.2. The average molecular weight is 356 g/mol. The van der Waals surface area contributed by atoms with Crippen molar-refractivity contribution in [2.45, 2.75) is 13.8 Å². The van der Waals surface area contributed by atoms with Crippen LogP contribution in [0.25, 0.3) is 22.2 Å². The summed E-state index contributed by atoms with van der Waals surface area (Å²) in [7, 11) is 1.91. The Morgan fingerprint density at radius 1 is 0.889 bits per heavy atom. The topological polar surface area (TPSA) is 75.6 Å². The Morgan fingerprint density at radius 3 is 2.59 bits per heavy atom. The second-order valence-electron chi connectivity index (χ2n) is 6.42. The summed E-state index contributed by atoms with van der Waals surface area (Å²) in [5.74, 6) is 0.529. The van der Waals surface area contributed by atoms with Crippen LogP contribution in [0.3, 0.4) is 0 Å². The van der Waals surface area contributed by atoms with E-state index >= 15 is 0 Å². The molecule has 0 spiro atoms. The maximum atomic E-state index is 4.62. The van der Waals surface area contributed by atoms with Gasteiger partial charge in [0, 0.05) is 36.1 Å². The largest absolute Gasteiger partial charge is 0.388 e. The first-order chi connectivity index (χ1) is 13.1. The van der Waals surface area contributed by atoms with Gasteiger partial charge in [-0.25, -0.2) is 9.97 Å². The van der Waals surface area contributed by atoms with Gasteiger partial charge in [-0.3, -0.25) is 9.97 Å². The molecule has 1 aromatic carbocycles. The lowest BCUT2D eigenvalue weighted by Gasteiger charge is -2.10. The Balaban J connectivity index is 1.69. The molecule has 2 N–H and O–H groups in total. The molecule has 6 heteroatoms. The van der Waals surface area contributed by atoms with Crippen LogP contribution in [-0.4, -0.2) is 27.0 Å². The summed E-state index contributed by atoms with van der Waals surface area (Å²) in [6.45, 7) is 4.10. The van der Waals surface area contributed by atoms with Crippen LogP contribution in [-0.2, 0) is 0 Å². The molecule has 0 radical (unpaired) electrons. The van der Waals surface area contributed by atoms with Crippen molar-refractivity contribution in [3.8, 4) is 11.3 Å². The van der Waals surface area contributed by atoms with Crippen molar-refractivity contribution in [1.82, 2.24) is 19.9 Å². The SMILES string of the molecule is CNc1ccc(C)c(-c2cc3cnc(Nc4cnccc4C)nc3cn2)c1. The van der Waals surface area contributed by atoms with Crippen LogP contribution >= 0.6 is 0 Å². The molecule has 0 aliphatic heterocycles. The number of aryl methyl sites for hydroxylation is 2. The highest BCUT2D eigenvalue weighted by Crippen LogP contribution is 2.27. The third-order valence-electron chi connectivity index (χ3n) is 4.55. The Hall–Kier alpha value is -3.54. The Labute approximate surface area is 157 Å². The molecule has 134 valence electrons. The number of fused-ring (bicyclic) bond motifs is 1. The molecule has 4 aromatic rings. The summed E-state index contributed by atoms with van der Waals surface area (Å²) in [6.07, 6.45) is 7.14. The van der Waals surface area contributed by atoms with E-state index in [4.69, 9.17) is 0 Å². The first kappa shape index (κ1) is 16.9. The van der Waals surface area contributed by atoms with Crippen LogP contribution in [0.4, 0.5) is 17.3 Å². The van der Waals surface area contributed by atoms with E-state index in [9.17, 15) is 0 Å². The summed E-state index contributed by atoms with van der Waals surface area (Å²) >= 11 is 0. The Bertz CT molecular complexity index is 1120. The molecular formula is C21H20N6. The monoisotopic (exact) mass is 356 g/mol. The highest BCUT2D eigenvalue weighted by molar-refractivity contribution is 5.83. The standard InChI is InChI=1S/C21H20N6/c1-13-4-5-16(22-3)9-17(13)18-8-15-10-25-21(27-20(15)12-24-18)26-19-11-23-7-6-14(19)2/h4-12,22H,1-3H3,(H,25,26,27). The number of nitrogens with zero attached hydrogens (tertiary/aromatic N) is 4. The van der Waals surface area contributed by atoms with Crippen molar-refractivity contribution in [2.24, 2.45) is 0 Å². The van der Waals surface area contributed by atoms with Crippen LogP contribution in [0.15, 0.2) is 55.1 Å². The molecule has 6 nitrogen and oxygen atoms in total. The van der Waals surface area contributed by atoms with Gasteiger partial charge in [0.05, 0.1) is 29.3 Å². The zero-order valence-corrected chi connectivity index (χ0v) is 15.5. The smallest absolute Gasteiger partial charge is 0.227 e. The quantitative estimate of drug-likeness (QED) is 0.561. The lowest BCUT2D eigenvalue weighted by atomic mass is 10.0. The number of anilines is 3. The summed E-state index contributed by atoms with van der Waals surface area (Å²) in [4.78, 5) is 17.8. The van der Waals surface area contributed by atoms with Gasteiger partial charge in [-0.15, -0.1) is 0 Å². The molecule has 27 heavy (non-hydrogen) atoms. The number of pyridine rings is 2. The number of hydrogen-bond acceptors (Lipinski definition) is 6. The molecule has 0 fully saturated rings. The minimum atomic E-state index is 0.529. The summed E-state index contributed by atoms with van der Waals surface area (Å²) in [5, 5.41) is 7.33. The van der Waals surface area contributed by atoms with E-state index in [1.54, 1.807) is 18.6 Å². The van der Waals surface area contributed by atoms with E-state index in [2.05, 4.69) is 55.7 Å². The van der Waals surface area contributed by atoms with Gasteiger partial charge in [0.15, 0.2) is 0 Å². The molecule has 0 saturated carbocycles. The number of nitrogens with one attached hydrogen (secondary N) is 2. The van der Waals surface area contributed by atoms with E-state index in [1.807, 2.05) is 32.3 Å². The second-order valence-corrected chi connectivity index (χ2v) is 6.42. The van der Waals surface area contributed by atoms with Gasteiger partial charge in [0.2, 0.25) is 5.95 Å². The van der Waals surface area contributed by atoms with Gasteiger partial charge in [-0.1, -0.05) is 6.07 Å². The van der Waals surface area contributed by atoms with Gasteiger partial charge in [0.1, 0.15) is 0 Å². The summed E-state index contributed by atoms with van der Waals surface area (Å²) in [5.41, 5.74) is 7.00. The van der Waals surface area contributed by atoms with Gasteiger partial charge >= 0.3 is 0 Å². The van der Waals surface area contributed by atoms with Crippen LogP contribution in [0, 0.1) is 13.8 Å². The molecule has 0 saturated heterocycles. The van der Waals surface area contributed by atoms with Crippen molar-refractivity contribution in [3.63, 3.8) is 0 Å². The van der Waals surface area contributed by atoms with Crippen molar-refractivity contribution >= 4 is 28.2 Å². The maximum Gasteiger partial charge on any atom is 0.227 e. The van der Waals surface area contributed by atoms with Crippen LogP contribution in [0.2, 0.25) is 0 Å². The number of rotatable bonds is 4. The average Bonchev–Trinajstić information content (AvgIpc) is 2.70. The number of hydrogen-bond donors (Lipinski definition) is 2. The maximum absolute atomic E-state index is 4.62. The van der Waals surface area contributed by atoms with Crippen molar-refractivity contribution in [2.75, 3.05) is 17.7 Å². The van der Waals surface area contributed by atoms with E-state index in [0.717, 1.165) is 39.1 Å². The molecule has 0 aliphatic carbocycles. The molecule has 0 bridgehead atoms. The fourth-order valence-electron chi connectivity index (χ4n) is 2.91. The first-order valence-corrected chi connectivity index (χ1v) is 8.73. The first-order valence-electron chi connectivity index (χ1n) is 8.73. The Morgan fingerprint density at radius 2 is 1.78 bits per heavy atom. The minimum Gasteiger partial charge on any atom is -0.388 e. The Kier molecular flexibility index (Phi) is 4.38. The molecule has 0 aliphatic rings. The van der Waals surface area contributed by atoms with E-state index < -0.39 is 0 Å². The molecule has 3 heterocycles. The third kappa shape index (κ3) is 3.42. The molecule has 0 atom stereocenters. The molecule has 4 rings (SSSR count).